The molecule has 5 heteroatoms. The molecule has 0 saturated carbocycles. The molecule has 2 atom stereocenters. The van der Waals surface area contributed by atoms with Gasteiger partial charge in [0.15, 0.2) is 0 Å². The third-order valence-corrected chi connectivity index (χ3v) is 5.05. The van der Waals surface area contributed by atoms with Crippen molar-refractivity contribution in [1.82, 2.24) is 5.32 Å². The average Bonchev–Trinajstić information content (AvgIpc) is 2.82. The quantitative estimate of drug-likeness (QED) is 0.506. The second-order valence-electron chi connectivity index (χ2n) is 6.25. The number of hydrogen-bond donors (Lipinski definition) is 3. The van der Waals surface area contributed by atoms with Gasteiger partial charge >= 0.3 is 0 Å². The van der Waals surface area contributed by atoms with Crippen molar-refractivity contribution in [3.63, 3.8) is 0 Å². The summed E-state index contributed by atoms with van der Waals surface area (Å²) in [7, 11) is 0. The lowest BCUT2D eigenvalue weighted by Gasteiger charge is -2.40. The fraction of sp³-hybridized carbons (Fsp3) is 0.111. The van der Waals surface area contributed by atoms with Crippen molar-refractivity contribution in [1.29, 1.82) is 0 Å². The number of carbonyl (C=O) groups is 2. The number of anilines is 2. The van der Waals surface area contributed by atoms with Gasteiger partial charge in [0, 0.05) is 34.4 Å². The molecule has 2 amide bonds. The molecule has 1 aliphatic heterocycles. The molecule has 4 aliphatic rings. The Kier molecular flexibility index (Phi) is 2.07. The topological polar surface area (TPSA) is 98.2 Å². The standard InChI is InChI=1S/C18H13N3O2/c19-7-1-3-9-11(5-7)14-10-4-2-8(20)6-12(10)13(9)15-16(14)18(23)21-17(15)22/h1-6,13-14H,19-20H2,(H,21,22,23). The molecule has 2 aromatic carbocycles. The maximum absolute atomic E-state index is 12.3. The van der Waals surface area contributed by atoms with E-state index in [1.54, 1.807) is 0 Å². The molecule has 23 heavy (non-hydrogen) atoms. The van der Waals surface area contributed by atoms with E-state index in [0.29, 0.717) is 22.5 Å². The summed E-state index contributed by atoms with van der Waals surface area (Å²) in [6, 6.07) is 11.4. The first-order valence-corrected chi connectivity index (χ1v) is 7.44. The lowest BCUT2D eigenvalue weighted by molar-refractivity contribution is -0.124. The molecule has 0 spiro atoms. The Morgan fingerprint density at radius 2 is 1.13 bits per heavy atom. The second kappa shape index (κ2) is 3.81. The van der Waals surface area contributed by atoms with E-state index < -0.39 is 0 Å². The molecule has 5 nitrogen and oxygen atoms in total. The largest absolute Gasteiger partial charge is 0.399 e. The molecule has 2 unspecified atom stereocenters. The predicted molar refractivity (Wildman–Crippen MR) is 85.6 cm³/mol. The Labute approximate surface area is 132 Å². The SMILES string of the molecule is Nc1ccc2c(c1)C1C3=C(C(=O)NC3=O)C2c2cc(N)ccc21. The van der Waals surface area contributed by atoms with Gasteiger partial charge in [-0.25, -0.2) is 0 Å². The minimum absolute atomic E-state index is 0.254. The van der Waals surface area contributed by atoms with Gasteiger partial charge in [0.1, 0.15) is 0 Å². The molecule has 6 rings (SSSR count). The van der Waals surface area contributed by atoms with E-state index in [1.807, 2.05) is 36.4 Å². The zero-order chi connectivity index (χ0) is 15.9. The van der Waals surface area contributed by atoms with Gasteiger partial charge in [0.25, 0.3) is 11.8 Å². The Morgan fingerprint density at radius 3 is 1.57 bits per heavy atom. The molecule has 112 valence electrons. The first-order valence-electron chi connectivity index (χ1n) is 7.44. The minimum Gasteiger partial charge on any atom is -0.399 e. The molecular weight excluding hydrogens is 290 g/mol. The Balaban J connectivity index is 1.90. The van der Waals surface area contributed by atoms with E-state index in [9.17, 15) is 9.59 Å². The highest BCUT2D eigenvalue weighted by Crippen LogP contribution is 2.57. The van der Waals surface area contributed by atoms with Gasteiger partial charge in [-0.3, -0.25) is 14.9 Å². The number of benzene rings is 2. The fourth-order valence-electron chi connectivity index (χ4n) is 4.22. The van der Waals surface area contributed by atoms with Gasteiger partial charge in [-0.2, -0.15) is 0 Å². The van der Waals surface area contributed by atoms with Crippen molar-refractivity contribution in [2.45, 2.75) is 11.8 Å². The summed E-state index contributed by atoms with van der Waals surface area (Å²) < 4.78 is 0. The molecule has 3 aliphatic carbocycles. The third kappa shape index (κ3) is 1.37. The van der Waals surface area contributed by atoms with Crippen LogP contribution in [0.15, 0.2) is 47.5 Å². The highest BCUT2D eigenvalue weighted by atomic mass is 16.2. The smallest absolute Gasteiger partial charge is 0.255 e. The van der Waals surface area contributed by atoms with E-state index >= 15 is 0 Å². The van der Waals surface area contributed by atoms with Crippen LogP contribution in [0.5, 0.6) is 0 Å². The minimum atomic E-state index is -0.296. The summed E-state index contributed by atoms with van der Waals surface area (Å²) >= 11 is 0. The number of hydrogen-bond acceptors (Lipinski definition) is 4. The molecule has 0 radical (unpaired) electrons. The average molecular weight is 303 g/mol. The third-order valence-electron chi connectivity index (χ3n) is 5.05. The van der Waals surface area contributed by atoms with Crippen LogP contribution in [0.25, 0.3) is 0 Å². The van der Waals surface area contributed by atoms with Crippen molar-refractivity contribution in [2.24, 2.45) is 0 Å². The van der Waals surface area contributed by atoms with Crippen LogP contribution in [0.1, 0.15) is 34.1 Å². The van der Waals surface area contributed by atoms with Crippen molar-refractivity contribution < 1.29 is 9.59 Å². The van der Waals surface area contributed by atoms with Crippen LogP contribution >= 0.6 is 0 Å². The summed E-state index contributed by atoms with van der Waals surface area (Å²) in [6.45, 7) is 0. The number of carbonyl (C=O) groups excluding carboxylic acids is 2. The van der Waals surface area contributed by atoms with Gasteiger partial charge in [-0.15, -0.1) is 0 Å². The summed E-state index contributed by atoms with van der Waals surface area (Å²) in [5.74, 6) is -1.10. The van der Waals surface area contributed by atoms with E-state index in [-0.39, 0.29) is 23.7 Å². The molecule has 2 bridgehead atoms. The van der Waals surface area contributed by atoms with Crippen LogP contribution in [0, 0.1) is 0 Å². The number of rotatable bonds is 0. The van der Waals surface area contributed by atoms with Gasteiger partial charge in [0.2, 0.25) is 0 Å². The summed E-state index contributed by atoms with van der Waals surface area (Å²) in [4.78, 5) is 24.7. The number of nitrogens with one attached hydrogen (secondary N) is 1. The molecule has 0 fully saturated rings. The summed E-state index contributed by atoms with van der Waals surface area (Å²) in [5.41, 5.74) is 18.4. The lowest BCUT2D eigenvalue weighted by Crippen LogP contribution is -2.29. The predicted octanol–water partition coefficient (Wildman–Crippen LogP) is 1.39. The van der Waals surface area contributed by atoms with E-state index in [4.69, 9.17) is 11.5 Å². The monoisotopic (exact) mass is 303 g/mol. The maximum atomic E-state index is 12.3. The molecule has 1 heterocycles. The maximum Gasteiger partial charge on any atom is 0.255 e. The van der Waals surface area contributed by atoms with Gasteiger partial charge in [0.05, 0.1) is 0 Å². The molecule has 0 saturated heterocycles. The summed E-state index contributed by atoms with van der Waals surface area (Å²) in [5, 5.41) is 2.44. The van der Waals surface area contributed by atoms with Crippen molar-refractivity contribution in [3.8, 4) is 0 Å². The zero-order valence-electron chi connectivity index (χ0n) is 12.1. The molecule has 0 aromatic heterocycles. The molecule has 5 N–H and O–H groups in total. The fourth-order valence-corrected chi connectivity index (χ4v) is 4.22. The first kappa shape index (κ1) is 12.5. The Morgan fingerprint density at radius 1 is 0.696 bits per heavy atom. The van der Waals surface area contributed by atoms with Gasteiger partial charge in [-0.1, -0.05) is 12.1 Å². The van der Waals surface area contributed by atoms with Crippen LogP contribution in [0.3, 0.4) is 0 Å². The summed E-state index contributed by atoms with van der Waals surface area (Å²) in [6.07, 6.45) is 0. The molecule has 2 aromatic rings. The molecular formula is C18H13N3O2. The van der Waals surface area contributed by atoms with Crippen LogP contribution in [-0.4, -0.2) is 11.8 Å². The number of amides is 2. The van der Waals surface area contributed by atoms with Gasteiger partial charge < -0.3 is 11.5 Å². The number of nitrogen functional groups attached to an aromatic ring is 2. The van der Waals surface area contributed by atoms with E-state index in [2.05, 4.69) is 5.32 Å². The van der Waals surface area contributed by atoms with Crippen molar-refractivity contribution in [3.05, 3.63) is 69.8 Å². The van der Waals surface area contributed by atoms with Crippen molar-refractivity contribution in [2.75, 3.05) is 11.5 Å². The van der Waals surface area contributed by atoms with Crippen LogP contribution in [0.2, 0.25) is 0 Å². The highest BCUT2D eigenvalue weighted by molar-refractivity contribution is 6.22. The normalized spacial score (nSPS) is 23.5. The Bertz CT molecular complexity index is 897. The highest BCUT2D eigenvalue weighted by Gasteiger charge is 2.50. The zero-order valence-corrected chi connectivity index (χ0v) is 12.1. The lowest BCUT2D eigenvalue weighted by atomic mass is 9.61. The van der Waals surface area contributed by atoms with E-state index in [1.165, 1.54) is 0 Å². The second-order valence-corrected chi connectivity index (χ2v) is 6.25. The van der Waals surface area contributed by atoms with E-state index in [0.717, 1.165) is 22.3 Å². The first-order chi connectivity index (χ1) is 11.1. The van der Waals surface area contributed by atoms with Crippen LogP contribution < -0.4 is 16.8 Å². The Hall–Kier alpha value is -3.08. The van der Waals surface area contributed by atoms with Crippen LogP contribution in [-0.2, 0) is 9.59 Å². The number of imide groups is 1. The number of nitrogens with two attached hydrogens (primary N) is 2. The van der Waals surface area contributed by atoms with Crippen LogP contribution in [0.4, 0.5) is 11.4 Å². The van der Waals surface area contributed by atoms with Gasteiger partial charge in [-0.05, 0) is 46.5 Å². The van der Waals surface area contributed by atoms with Crippen molar-refractivity contribution >= 4 is 23.2 Å².